The Labute approximate surface area is 330 Å². The van der Waals surface area contributed by atoms with Crippen LogP contribution in [0.3, 0.4) is 0 Å². The summed E-state index contributed by atoms with van der Waals surface area (Å²) >= 11 is 0. The normalized spacial score (nSPS) is 12.1. The molecule has 1 aliphatic heterocycles. The zero-order chi connectivity index (χ0) is 37.7. The maximum absolute atomic E-state index is 5.08. The molecule has 0 aliphatic carbocycles. The van der Waals surface area contributed by atoms with Gasteiger partial charge in [-0.1, -0.05) is 146 Å². The lowest BCUT2D eigenvalue weighted by Crippen LogP contribution is -2.11. The molecule has 0 N–H and O–H groups in total. The zero-order valence-electron chi connectivity index (χ0n) is 30.9. The molecular formula is C52H35N5. The average Bonchev–Trinajstić information content (AvgIpc) is 3.83. The Balaban J connectivity index is 1.03. The number of hydrogen-bond donors (Lipinski definition) is 0. The number of anilines is 3. The lowest BCUT2D eigenvalue weighted by molar-refractivity contribution is 0.888. The van der Waals surface area contributed by atoms with E-state index in [1.54, 1.807) is 0 Å². The summed E-state index contributed by atoms with van der Waals surface area (Å²) < 4.78 is 4.33. The maximum atomic E-state index is 5.08. The molecule has 0 radical (unpaired) electrons. The summed E-state index contributed by atoms with van der Waals surface area (Å²) in [5.41, 5.74) is 14.4. The number of fused-ring (bicyclic) bond motifs is 5. The van der Waals surface area contributed by atoms with Crippen molar-refractivity contribution in [1.82, 2.24) is 19.3 Å². The van der Waals surface area contributed by atoms with Crippen molar-refractivity contribution < 1.29 is 0 Å². The van der Waals surface area contributed by atoms with E-state index < -0.39 is 0 Å². The highest BCUT2D eigenvalue weighted by molar-refractivity contribution is 6.10. The van der Waals surface area contributed by atoms with Crippen molar-refractivity contribution >= 4 is 51.0 Å². The van der Waals surface area contributed by atoms with Crippen LogP contribution in [0.15, 0.2) is 200 Å². The van der Waals surface area contributed by atoms with Gasteiger partial charge in [0.1, 0.15) is 0 Å². The first-order valence-corrected chi connectivity index (χ1v) is 19.3. The quantitative estimate of drug-likeness (QED) is 0.171. The van der Waals surface area contributed by atoms with Crippen LogP contribution in [0.4, 0.5) is 17.1 Å². The van der Waals surface area contributed by atoms with Crippen molar-refractivity contribution in [3.05, 3.63) is 211 Å². The van der Waals surface area contributed by atoms with E-state index in [1.165, 1.54) is 38.7 Å². The van der Waals surface area contributed by atoms with Crippen molar-refractivity contribution in [1.29, 1.82) is 0 Å². The fraction of sp³-hybridized carbons (Fsp3) is 0. The van der Waals surface area contributed by atoms with Crippen LogP contribution < -0.4 is 4.90 Å². The standard InChI is InChI=1S/C52H35N5/c1-4-16-37(17-5-1)51-53-52(38-18-6-2-7-19-38)57(54-51)44-23-14-22-43(35-44)56-49-26-13-11-24-45(49)46-34-40(30-32-50(46)56)39-29-31-48-41(33-39)28-27-36-15-10-12-25-47(36)55(48)42-20-8-3-9-21-42/h1-35H. The van der Waals surface area contributed by atoms with Crippen LogP contribution >= 0.6 is 0 Å². The third-order valence-corrected chi connectivity index (χ3v) is 10.9. The molecule has 8 aromatic carbocycles. The van der Waals surface area contributed by atoms with E-state index in [1.807, 2.05) is 41.1 Å². The van der Waals surface area contributed by atoms with Gasteiger partial charge in [0.05, 0.1) is 28.1 Å². The number of benzene rings is 8. The molecule has 268 valence electrons. The molecule has 10 aromatic rings. The highest BCUT2D eigenvalue weighted by Gasteiger charge is 2.21. The third-order valence-electron chi connectivity index (χ3n) is 10.9. The van der Waals surface area contributed by atoms with E-state index in [2.05, 4.69) is 185 Å². The number of rotatable bonds is 6. The highest BCUT2D eigenvalue weighted by Crippen LogP contribution is 2.43. The molecule has 1 aliphatic rings. The summed E-state index contributed by atoms with van der Waals surface area (Å²) in [5, 5.41) is 7.49. The molecule has 0 saturated carbocycles. The lowest BCUT2D eigenvalue weighted by atomic mass is 9.99. The van der Waals surface area contributed by atoms with E-state index in [0.29, 0.717) is 5.82 Å². The molecule has 0 saturated heterocycles. The van der Waals surface area contributed by atoms with E-state index in [4.69, 9.17) is 10.1 Å². The van der Waals surface area contributed by atoms with Gasteiger partial charge in [0.15, 0.2) is 11.6 Å². The van der Waals surface area contributed by atoms with Gasteiger partial charge in [-0.05, 0) is 89.0 Å². The molecule has 2 aromatic heterocycles. The summed E-state index contributed by atoms with van der Waals surface area (Å²) in [7, 11) is 0. The average molecular weight is 730 g/mol. The first kappa shape index (κ1) is 32.7. The van der Waals surface area contributed by atoms with Gasteiger partial charge in [-0.2, -0.15) is 0 Å². The van der Waals surface area contributed by atoms with E-state index >= 15 is 0 Å². The van der Waals surface area contributed by atoms with Crippen molar-refractivity contribution in [3.63, 3.8) is 0 Å². The van der Waals surface area contributed by atoms with Crippen molar-refractivity contribution in [2.24, 2.45) is 0 Å². The van der Waals surface area contributed by atoms with Gasteiger partial charge in [-0.15, -0.1) is 5.10 Å². The van der Waals surface area contributed by atoms with Crippen LogP contribution in [0.25, 0.3) is 79.2 Å². The van der Waals surface area contributed by atoms with E-state index in [9.17, 15) is 0 Å². The Bertz CT molecular complexity index is 3120. The Hall–Kier alpha value is -7.76. The fourth-order valence-electron chi connectivity index (χ4n) is 8.24. The van der Waals surface area contributed by atoms with Crippen molar-refractivity contribution in [3.8, 4) is 45.3 Å². The summed E-state index contributed by atoms with van der Waals surface area (Å²) in [5.74, 6) is 1.49. The van der Waals surface area contributed by atoms with Crippen LogP contribution in [0, 0.1) is 0 Å². The van der Waals surface area contributed by atoms with E-state index in [0.717, 1.165) is 50.7 Å². The minimum Gasteiger partial charge on any atom is -0.309 e. The third kappa shape index (κ3) is 5.64. The Morgan fingerprint density at radius 2 is 0.982 bits per heavy atom. The van der Waals surface area contributed by atoms with Crippen LogP contribution in [0.1, 0.15) is 11.1 Å². The number of aromatic nitrogens is 4. The van der Waals surface area contributed by atoms with Gasteiger partial charge in [0, 0.05) is 33.3 Å². The molecule has 5 nitrogen and oxygen atoms in total. The SMILES string of the molecule is C1=Cc2cc(-c3ccc4c(c3)c3ccccc3n4-c3cccc(-n4nc(-c5ccccc5)nc4-c4ccccc4)c3)ccc2N(c2ccccc2)c2ccccc21. The Morgan fingerprint density at radius 3 is 1.82 bits per heavy atom. The number of hydrogen-bond acceptors (Lipinski definition) is 3. The van der Waals surface area contributed by atoms with E-state index in [-0.39, 0.29) is 0 Å². The van der Waals surface area contributed by atoms with Crippen LogP contribution in [0.5, 0.6) is 0 Å². The second-order valence-corrected chi connectivity index (χ2v) is 14.3. The van der Waals surface area contributed by atoms with Crippen LogP contribution in [0.2, 0.25) is 0 Å². The number of para-hydroxylation sites is 3. The first-order chi connectivity index (χ1) is 28.3. The topological polar surface area (TPSA) is 38.9 Å². The molecule has 3 heterocycles. The Morgan fingerprint density at radius 1 is 0.368 bits per heavy atom. The highest BCUT2D eigenvalue weighted by atomic mass is 15.4. The molecule has 0 unspecified atom stereocenters. The Kier molecular flexibility index (Phi) is 7.74. The lowest BCUT2D eigenvalue weighted by Gasteiger charge is -2.27. The molecule has 0 atom stereocenters. The van der Waals surface area contributed by atoms with Gasteiger partial charge >= 0.3 is 0 Å². The second kappa shape index (κ2) is 13.5. The zero-order valence-corrected chi connectivity index (χ0v) is 30.9. The summed E-state index contributed by atoms with van der Waals surface area (Å²) in [6, 6.07) is 70.7. The van der Waals surface area contributed by atoms with Crippen LogP contribution in [-0.2, 0) is 0 Å². The maximum Gasteiger partial charge on any atom is 0.182 e. The van der Waals surface area contributed by atoms with Gasteiger partial charge in [0.25, 0.3) is 0 Å². The van der Waals surface area contributed by atoms with Gasteiger partial charge in [-0.25, -0.2) is 9.67 Å². The second-order valence-electron chi connectivity index (χ2n) is 14.3. The minimum atomic E-state index is 0.690. The van der Waals surface area contributed by atoms with Crippen molar-refractivity contribution in [2.45, 2.75) is 0 Å². The number of nitrogens with zero attached hydrogens (tertiary/aromatic N) is 5. The van der Waals surface area contributed by atoms with Crippen LogP contribution in [-0.4, -0.2) is 19.3 Å². The summed E-state index contributed by atoms with van der Waals surface area (Å²) in [4.78, 5) is 7.42. The first-order valence-electron chi connectivity index (χ1n) is 19.3. The predicted octanol–water partition coefficient (Wildman–Crippen LogP) is 13.3. The van der Waals surface area contributed by atoms with Gasteiger partial charge in [-0.3, -0.25) is 0 Å². The molecule has 57 heavy (non-hydrogen) atoms. The van der Waals surface area contributed by atoms with Crippen molar-refractivity contribution in [2.75, 3.05) is 4.90 Å². The fourth-order valence-corrected chi connectivity index (χ4v) is 8.24. The predicted molar refractivity (Wildman–Crippen MR) is 236 cm³/mol. The molecule has 0 spiro atoms. The minimum absolute atomic E-state index is 0.690. The smallest absolute Gasteiger partial charge is 0.182 e. The molecule has 5 heteroatoms. The molecule has 0 fully saturated rings. The van der Waals surface area contributed by atoms with Gasteiger partial charge < -0.3 is 9.47 Å². The monoisotopic (exact) mass is 729 g/mol. The molecular weight excluding hydrogens is 695 g/mol. The van der Waals surface area contributed by atoms with Gasteiger partial charge in [0.2, 0.25) is 0 Å². The molecule has 11 rings (SSSR count). The summed E-state index contributed by atoms with van der Waals surface area (Å²) in [6.45, 7) is 0. The molecule has 0 amide bonds. The molecule has 0 bridgehead atoms. The largest absolute Gasteiger partial charge is 0.309 e. The summed E-state index contributed by atoms with van der Waals surface area (Å²) in [6.07, 6.45) is 4.48.